The molecule has 7 heteroatoms. The molecule has 2 N–H and O–H groups in total. The number of thioether (sulfide) groups is 1. The third-order valence-corrected chi connectivity index (χ3v) is 6.96. The Balaban J connectivity index is 1.31. The van der Waals surface area contributed by atoms with Crippen molar-refractivity contribution in [3.8, 4) is 0 Å². The molecule has 3 aliphatic rings. The highest BCUT2D eigenvalue weighted by molar-refractivity contribution is 7.99. The minimum atomic E-state index is 0.000293. The van der Waals surface area contributed by atoms with Crippen LogP contribution in [-0.4, -0.2) is 76.2 Å². The predicted octanol–water partition coefficient (Wildman–Crippen LogP) is 1.49. The van der Waals surface area contributed by atoms with Gasteiger partial charge in [-0.2, -0.15) is 16.9 Å². The topological polar surface area (TPSA) is 64.3 Å². The first kappa shape index (κ1) is 17.4. The van der Waals surface area contributed by atoms with Crippen LogP contribution in [0.25, 0.3) is 0 Å². The van der Waals surface area contributed by atoms with E-state index in [-0.39, 0.29) is 11.9 Å². The number of nitrogens with one attached hydrogen (secondary N) is 2. The molecule has 2 saturated heterocycles. The maximum Gasteiger partial charge on any atom is 0.272 e. The summed E-state index contributed by atoms with van der Waals surface area (Å²) in [7, 11) is 2.09. The summed E-state index contributed by atoms with van der Waals surface area (Å²) in [6.45, 7) is 4.06. The summed E-state index contributed by atoms with van der Waals surface area (Å²) in [5, 5.41) is 10.6. The van der Waals surface area contributed by atoms with Crippen LogP contribution in [0.4, 0.5) is 0 Å². The first-order valence-corrected chi connectivity index (χ1v) is 10.7. The molecule has 0 radical (unpaired) electrons. The third-order valence-electron chi connectivity index (χ3n) is 5.91. The predicted molar refractivity (Wildman–Crippen MR) is 101 cm³/mol. The van der Waals surface area contributed by atoms with Gasteiger partial charge in [0.1, 0.15) is 0 Å². The van der Waals surface area contributed by atoms with Crippen molar-refractivity contribution in [3.63, 3.8) is 0 Å². The molecule has 25 heavy (non-hydrogen) atoms. The van der Waals surface area contributed by atoms with Crippen molar-refractivity contribution in [1.82, 2.24) is 25.3 Å². The minimum Gasteiger partial charge on any atom is -0.348 e. The molecule has 6 nitrogen and oxygen atoms in total. The average molecular weight is 364 g/mol. The molecule has 4 rings (SSSR count). The van der Waals surface area contributed by atoms with Crippen molar-refractivity contribution in [2.75, 3.05) is 38.2 Å². The summed E-state index contributed by atoms with van der Waals surface area (Å²) >= 11 is 2.08. The van der Waals surface area contributed by atoms with Crippen LogP contribution in [0.15, 0.2) is 0 Å². The van der Waals surface area contributed by atoms with E-state index in [1.165, 1.54) is 24.3 Å². The first-order valence-electron chi connectivity index (χ1n) is 9.58. The Labute approximate surface area is 154 Å². The van der Waals surface area contributed by atoms with Crippen LogP contribution < -0.4 is 5.32 Å². The molecule has 2 fully saturated rings. The Morgan fingerprint density at radius 2 is 1.96 bits per heavy atom. The second-order valence-electron chi connectivity index (χ2n) is 7.64. The molecule has 4 heterocycles. The SMILES string of the molecule is CN1CCc2[nH]nc(C(=O)NC3CCN(C4CCSCC4)CC3)c2C1. The van der Waals surface area contributed by atoms with E-state index >= 15 is 0 Å². The van der Waals surface area contributed by atoms with Crippen molar-refractivity contribution in [2.45, 2.75) is 50.7 Å². The largest absolute Gasteiger partial charge is 0.348 e. The van der Waals surface area contributed by atoms with Gasteiger partial charge in [-0.05, 0) is 44.2 Å². The molecule has 1 amide bonds. The van der Waals surface area contributed by atoms with E-state index in [2.05, 4.69) is 44.1 Å². The Morgan fingerprint density at radius 1 is 1.20 bits per heavy atom. The van der Waals surface area contributed by atoms with Crippen molar-refractivity contribution < 1.29 is 4.79 Å². The normalized spacial score (nSPS) is 24.2. The van der Waals surface area contributed by atoms with Crippen molar-refractivity contribution in [1.29, 1.82) is 0 Å². The van der Waals surface area contributed by atoms with Crippen LogP contribution in [0, 0.1) is 0 Å². The van der Waals surface area contributed by atoms with Gasteiger partial charge in [-0.1, -0.05) is 0 Å². The van der Waals surface area contributed by atoms with Gasteiger partial charge in [-0.25, -0.2) is 0 Å². The zero-order chi connectivity index (χ0) is 17.2. The molecule has 0 atom stereocenters. The van der Waals surface area contributed by atoms with E-state index in [9.17, 15) is 4.79 Å². The van der Waals surface area contributed by atoms with E-state index in [1.807, 2.05) is 0 Å². The maximum atomic E-state index is 12.7. The zero-order valence-corrected chi connectivity index (χ0v) is 15.9. The number of fused-ring (bicyclic) bond motifs is 1. The number of aromatic nitrogens is 2. The number of hydrogen-bond donors (Lipinski definition) is 2. The number of carbonyl (C=O) groups excluding carboxylic acids is 1. The molecule has 1 aromatic heterocycles. The molecule has 0 aliphatic carbocycles. The number of H-pyrrole nitrogens is 1. The van der Waals surface area contributed by atoms with E-state index in [0.717, 1.165) is 62.7 Å². The van der Waals surface area contributed by atoms with Gasteiger partial charge in [0.15, 0.2) is 5.69 Å². The number of amides is 1. The summed E-state index contributed by atoms with van der Waals surface area (Å²) in [6.07, 6.45) is 5.72. The van der Waals surface area contributed by atoms with Crippen molar-refractivity contribution in [2.24, 2.45) is 0 Å². The van der Waals surface area contributed by atoms with E-state index in [0.29, 0.717) is 5.69 Å². The molecule has 0 bridgehead atoms. The van der Waals surface area contributed by atoms with Gasteiger partial charge in [-0.3, -0.25) is 9.89 Å². The number of piperidine rings is 1. The van der Waals surface area contributed by atoms with Gasteiger partial charge < -0.3 is 15.1 Å². The maximum absolute atomic E-state index is 12.7. The molecule has 0 unspecified atom stereocenters. The van der Waals surface area contributed by atoms with Crippen LogP contribution >= 0.6 is 11.8 Å². The van der Waals surface area contributed by atoms with Gasteiger partial charge in [-0.15, -0.1) is 0 Å². The number of likely N-dealkylation sites (N-methyl/N-ethyl adjacent to an activating group) is 1. The molecule has 0 saturated carbocycles. The highest BCUT2D eigenvalue weighted by Crippen LogP contribution is 2.25. The number of nitrogens with zero attached hydrogens (tertiary/aromatic N) is 3. The fraction of sp³-hybridized carbons (Fsp3) is 0.778. The molecule has 3 aliphatic heterocycles. The Kier molecular flexibility index (Phi) is 5.33. The number of hydrogen-bond acceptors (Lipinski definition) is 5. The standard InChI is InChI=1S/C18H29N5OS/c1-22-7-4-16-15(12-22)17(21-20-16)18(24)19-13-2-8-23(9-3-13)14-5-10-25-11-6-14/h13-14H,2-12H2,1H3,(H,19,24)(H,20,21). The number of likely N-dealkylation sites (tertiary alicyclic amines) is 1. The van der Waals surface area contributed by atoms with E-state index in [4.69, 9.17) is 0 Å². The molecular formula is C18H29N5OS. The van der Waals surface area contributed by atoms with Gasteiger partial charge in [0, 0.05) is 55.9 Å². The van der Waals surface area contributed by atoms with Crippen LogP contribution in [0.3, 0.4) is 0 Å². The third kappa shape index (κ3) is 3.88. The number of aromatic amines is 1. The lowest BCUT2D eigenvalue weighted by Crippen LogP contribution is -2.49. The van der Waals surface area contributed by atoms with Crippen LogP contribution in [0.1, 0.15) is 47.4 Å². The molecule has 1 aromatic rings. The van der Waals surface area contributed by atoms with Gasteiger partial charge in [0.2, 0.25) is 0 Å². The lowest BCUT2D eigenvalue weighted by atomic mass is 10.00. The van der Waals surface area contributed by atoms with E-state index < -0.39 is 0 Å². The lowest BCUT2D eigenvalue weighted by Gasteiger charge is -2.39. The second-order valence-corrected chi connectivity index (χ2v) is 8.87. The minimum absolute atomic E-state index is 0.000293. The number of rotatable bonds is 3. The summed E-state index contributed by atoms with van der Waals surface area (Å²) < 4.78 is 0. The van der Waals surface area contributed by atoms with E-state index in [1.54, 1.807) is 0 Å². The molecule has 0 spiro atoms. The monoisotopic (exact) mass is 363 g/mol. The fourth-order valence-corrected chi connectivity index (χ4v) is 5.41. The molecular weight excluding hydrogens is 334 g/mol. The Bertz CT molecular complexity index is 605. The summed E-state index contributed by atoms with van der Waals surface area (Å²) in [5.41, 5.74) is 2.82. The van der Waals surface area contributed by atoms with Crippen molar-refractivity contribution >= 4 is 17.7 Å². The van der Waals surface area contributed by atoms with Gasteiger partial charge >= 0.3 is 0 Å². The number of carbonyl (C=O) groups is 1. The lowest BCUT2D eigenvalue weighted by molar-refractivity contribution is 0.0879. The second kappa shape index (κ2) is 7.68. The molecule has 0 aromatic carbocycles. The van der Waals surface area contributed by atoms with Crippen LogP contribution in [0.5, 0.6) is 0 Å². The van der Waals surface area contributed by atoms with Crippen LogP contribution in [0.2, 0.25) is 0 Å². The summed E-state index contributed by atoms with van der Waals surface area (Å²) in [5.74, 6) is 2.61. The highest BCUT2D eigenvalue weighted by Gasteiger charge is 2.29. The summed E-state index contributed by atoms with van der Waals surface area (Å²) in [6, 6.07) is 1.06. The fourth-order valence-electron chi connectivity index (χ4n) is 4.33. The average Bonchev–Trinajstić information content (AvgIpc) is 3.06. The van der Waals surface area contributed by atoms with Gasteiger partial charge in [0.25, 0.3) is 5.91 Å². The smallest absolute Gasteiger partial charge is 0.272 e. The first-order chi connectivity index (χ1) is 12.2. The van der Waals surface area contributed by atoms with Crippen molar-refractivity contribution in [3.05, 3.63) is 17.0 Å². The summed E-state index contributed by atoms with van der Waals surface area (Å²) in [4.78, 5) is 17.6. The Morgan fingerprint density at radius 3 is 2.72 bits per heavy atom. The van der Waals surface area contributed by atoms with Gasteiger partial charge in [0.05, 0.1) is 0 Å². The highest BCUT2D eigenvalue weighted by atomic mass is 32.2. The Hall–Kier alpha value is -1.05. The molecule has 138 valence electrons. The zero-order valence-electron chi connectivity index (χ0n) is 15.1. The quantitative estimate of drug-likeness (QED) is 0.852. The van der Waals surface area contributed by atoms with Crippen LogP contribution in [-0.2, 0) is 13.0 Å².